The fraction of sp³-hybridized carbons (Fsp3) is 0.733. The predicted molar refractivity (Wildman–Crippen MR) is 67.4 cm³/mol. The Morgan fingerprint density at radius 3 is 2.61 bits per heavy atom. The molecule has 18 heavy (non-hydrogen) atoms. The summed E-state index contributed by atoms with van der Waals surface area (Å²) in [6.45, 7) is 6.00. The summed E-state index contributed by atoms with van der Waals surface area (Å²) in [7, 11) is 0. The number of esters is 1. The maximum atomic E-state index is 12.3. The molecule has 0 aromatic rings. The highest BCUT2D eigenvalue weighted by Crippen LogP contribution is 2.48. The number of carbonyl (C=O) groups is 2. The lowest BCUT2D eigenvalue weighted by atomic mass is 9.62. The summed E-state index contributed by atoms with van der Waals surface area (Å²) in [4.78, 5) is 24.3. The van der Waals surface area contributed by atoms with E-state index < -0.39 is 6.10 Å². The van der Waals surface area contributed by atoms with Crippen LogP contribution in [0.25, 0.3) is 0 Å². The monoisotopic (exact) mass is 248 g/mol. The number of hydrogen-bond donors (Lipinski definition) is 0. The van der Waals surface area contributed by atoms with E-state index in [2.05, 4.69) is 5.92 Å². The van der Waals surface area contributed by atoms with Crippen LogP contribution in [-0.2, 0) is 14.3 Å². The van der Waals surface area contributed by atoms with E-state index in [1.807, 2.05) is 20.8 Å². The van der Waals surface area contributed by atoms with E-state index >= 15 is 0 Å². The van der Waals surface area contributed by atoms with E-state index in [0.29, 0.717) is 6.42 Å². The fourth-order valence-corrected chi connectivity index (χ4v) is 3.56. The van der Waals surface area contributed by atoms with Crippen LogP contribution >= 0.6 is 0 Å². The van der Waals surface area contributed by atoms with Crippen molar-refractivity contribution in [2.75, 3.05) is 0 Å². The Balaban J connectivity index is 2.32. The van der Waals surface area contributed by atoms with Gasteiger partial charge in [0, 0.05) is 18.3 Å². The summed E-state index contributed by atoms with van der Waals surface area (Å²) in [5.41, 5.74) is 0. The van der Waals surface area contributed by atoms with E-state index in [0.717, 1.165) is 6.42 Å². The topological polar surface area (TPSA) is 43.4 Å². The molecular formula is C15H20O3. The number of fused-ring (bicyclic) bond motifs is 2. The van der Waals surface area contributed by atoms with Gasteiger partial charge in [-0.1, -0.05) is 20.8 Å². The zero-order valence-electron chi connectivity index (χ0n) is 11.2. The normalized spacial score (nSPS) is 38.7. The number of ether oxygens (including phenoxy) is 1. The highest BCUT2D eigenvalue weighted by molar-refractivity contribution is 5.94. The van der Waals surface area contributed by atoms with E-state index in [9.17, 15) is 9.59 Å². The predicted octanol–water partition coefficient (Wildman–Crippen LogP) is 2.05. The third-order valence-electron chi connectivity index (χ3n) is 4.50. The zero-order valence-corrected chi connectivity index (χ0v) is 11.2. The van der Waals surface area contributed by atoms with Crippen molar-refractivity contribution in [1.82, 2.24) is 0 Å². The average Bonchev–Trinajstić information content (AvgIpc) is 2.62. The van der Waals surface area contributed by atoms with Crippen LogP contribution in [0.15, 0.2) is 0 Å². The summed E-state index contributed by atoms with van der Waals surface area (Å²) in [6, 6.07) is 0. The molecule has 3 nitrogen and oxygen atoms in total. The van der Waals surface area contributed by atoms with E-state index in [-0.39, 0.29) is 41.3 Å². The van der Waals surface area contributed by atoms with Crippen LogP contribution in [0.2, 0.25) is 0 Å². The van der Waals surface area contributed by atoms with Crippen LogP contribution in [0, 0.1) is 41.9 Å². The molecule has 1 heterocycles. The van der Waals surface area contributed by atoms with Gasteiger partial charge in [-0.2, -0.15) is 0 Å². The SMILES string of the molecule is C#CCC[C@H]1[C@H]2C(=O)O[C@@H](C(=O)[C@@H]1C)[C@H]2C(C)C. The maximum Gasteiger partial charge on any atom is 0.310 e. The van der Waals surface area contributed by atoms with Crippen LogP contribution in [0.5, 0.6) is 0 Å². The lowest BCUT2D eigenvalue weighted by Gasteiger charge is -2.37. The molecule has 0 radical (unpaired) electrons. The smallest absolute Gasteiger partial charge is 0.310 e. The average molecular weight is 248 g/mol. The number of hydrogen-bond acceptors (Lipinski definition) is 3. The van der Waals surface area contributed by atoms with Gasteiger partial charge in [-0.05, 0) is 18.3 Å². The summed E-state index contributed by atoms with van der Waals surface area (Å²) in [5.74, 6) is 2.59. The molecule has 2 aliphatic rings. The van der Waals surface area contributed by atoms with Crippen LogP contribution in [0.1, 0.15) is 33.6 Å². The molecule has 2 bridgehead atoms. The van der Waals surface area contributed by atoms with Crippen molar-refractivity contribution >= 4 is 11.8 Å². The number of Topliss-reactive ketones (excluding diaryl/α,β-unsaturated/α-hetero) is 1. The third kappa shape index (κ3) is 1.84. The van der Waals surface area contributed by atoms with Gasteiger partial charge in [0.05, 0.1) is 5.92 Å². The highest BCUT2D eigenvalue weighted by Gasteiger charge is 2.58. The van der Waals surface area contributed by atoms with Crippen molar-refractivity contribution in [3.63, 3.8) is 0 Å². The largest absolute Gasteiger partial charge is 0.454 e. The standard InChI is InChI=1S/C15H20O3/c1-5-6-7-10-9(4)13(16)14-11(8(2)3)12(10)15(17)18-14/h1,8-12,14H,6-7H2,2-4H3/t9-,10-,11+,12-,14-/m1/s1. The summed E-state index contributed by atoms with van der Waals surface area (Å²) < 4.78 is 5.31. The summed E-state index contributed by atoms with van der Waals surface area (Å²) >= 11 is 0. The van der Waals surface area contributed by atoms with E-state index in [4.69, 9.17) is 11.2 Å². The van der Waals surface area contributed by atoms with Gasteiger partial charge < -0.3 is 4.74 Å². The first-order valence-corrected chi connectivity index (χ1v) is 6.66. The van der Waals surface area contributed by atoms with Gasteiger partial charge in [-0.25, -0.2) is 0 Å². The first kappa shape index (κ1) is 13.1. The molecule has 0 amide bonds. The van der Waals surface area contributed by atoms with Crippen molar-refractivity contribution in [1.29, 1.82) is 0 Å². The lowest BCUT2D eigenvalue weighted by molar-refractivity contribution is -0.148. The van der Waals surface area contributed by atoms with Gasteiger partial charge in [-0.15, -0.1) is 12.3 Å². The fourth-order valence-electron chi connectivity index (χ4n) is 3.56. The van der Waals surface area contributed by atoms with Crippen molar-refractivity contribution in [2.24, 2.45) is 29.6 Å². The Morgan fingerprint density at radius 2 is 2.06 bits per heavy atom. The number of rotatable bonds is 3. The number of ketones is 1. The van der Waals surface area contributed by atoms with Crippen LogP contribution in [-0.4, -0.2) is 17.9 Å². The molecule has 1 saturated carbocycles. The third-order valence-corrected chi connectivity index (χ3v) is 4.50. The molecule has 98 valence electrons. The number of carbonyl (C=O) groups excluding carboxylic acids is 2. The first-order chi connectivity index (χ1) is 8.49. The molecule has 0 unspecified atom stereocenters. The minimum atomic E-state index is -0.514. The lowest BCUT2D eigenvalue weighted by Crippen LogP contribution is -2.46. The molecule has 1 aliphatic heterocycles. The van der Waals surface area contributed by atoms with Gasteiger partial charge in [0.25, 0.3) is 0 Å². The van der Waals surface area contributed by atoms with Crippen LogP contribution < -0.4 is 0 Å². The van der Waals surface area contributed by atoms with Gasteiger partial charge in [0.1, 0.15) is 0 Å². The summed E-state index contributed by atoms with van der Waals surface area (Å²) in [5, 5.41) is 0. The van der Waals surface area contributed by atoms with Gasteiger partial charge in [0.15, 0.2) is 11.9 Å². The quantitative estimate of drug-likeness (QED) is 0.567. The minimum Gasteiger partial charge on any atom is -0.454 e. The molecule has 3 heteroatoms. The van der Waals surface area contributed by atoms with Crippen LogP contribution in [0.4, 0.5) is 0 Å². The minimum absolute atomic E-state index is 0.0315. The Labute approximate surface area is 108 Å². The molecule has 0 N–H and O–H groups in total. The molecule has 0 aromatic heterocycles. The molecule has 2 fully saturated rings. The second-order valence-electron chi connectivity index (χ2n) is 5.80. The molecule has 0 spiro atoms. The van der Waals surface area contributed by atoms with Gasteiger partial charge in [-0.3, -0.25) is 9.59 Å². The van der Waals surface area contributed by atoms with Crippen LogP contribution in [0.3, 0.4) is 0 Å². The maximum absolute atomic E-state index is 12.3. The first-order valence-electron chi connectivity index (χ1n) is 6.66. The highest BCUT2D eigenvalue weighted by atomic mass is 16.6. The molecule has 1 saturated heterocycles. The van der Waals surface area contributed by atoms with E-state index in [1.54, 1.807) is 0 Å². The number of terminal acetylenes is 1. The Morgan fingerprint density at radius 1 is 1.39 bits per heavy atom. The Kier molecular flexibility index (Phi) is 3.47. The second-order valence-corrected chi connectivity index (χ2v) is 5.80. The Bertz CT molecular complexity index is 404. The zero-order chi connectivity index (χ0) is 13.4. The van der Waals surface area contributed by atoms with Gasteiger partial charge in [0.2, 0.25) is 0 Å². The molecule has 5 atom stereocenters. The summed E-state index contributed by atoms with van der Waals surface area (Å²) in [6.07, 6.45) is 6.13. The molecule has 1 aliphatic carbocycles. The van der Waals surface area contributed by atoms with Gasteiger partial charge >= 0.3 is 5.97 Å². The van der Waals surface area contributed by atoms with E-state index in [1.165, 1.54) is 0 Å². The molecule has 0 aromatic carbocycles. The van der Waals surface area contributed by atoms with Crippen molar-refractivity contribution < 1.29 is 14.3 Å². The Hall–Kier alpha value is -1.30. The molecule has 2 rings (SSSR count). The molecular weight excluding hydrogens is 228 g/mol. The van der Waals surface area contributed by atoms with Crippen molar-refractivity contribution in [2.45, 2.75) is 39.7 Å². The second kappa shape index (κ2) is 4.76. The van der Waals surface area contributed by atoms with Crippen molar-refractivity contribution in [3.8, 4) is 12.3 Å². The van der Waals surface area contributed by atoms with Crippen molar-refractivity contribution in [3.05, 3.63) is 0 Å².